The van der Waals surface area contributed by atoms with Gasteiger partial charge in [0.1, 0.15) is 5.82 Å². The molecule has 2 heterocycles. The molecule has 17 heavy (non-hydrogen) atoms. The van der Waals surface area contributed by atoms with E-state index >= 15 is 0 Å². The molecule has 1 atom stereocenters. The number of anilines is 1. The number of hydrogen-bond acceptors (Lipinski definition) is 4. The molecule has 1 unspecified atom stereocenters. The minimum absolute atomic E-state index is 0.0199. The van der Waals surface area contributed by atoms with Crippen molar-refractivity contribution in [1.29, 1.82) is 0 Å². The van der Waals surface area contributed by atoms with Gasteiger partial charge in [-0.3, -0.25) is 4.79 Å². The zero-order chi connectivity index (χ0) is 12.1. The molecule has 1 aromatic heterocycles. The van der Waals surface area contributed by atoms with E-state index in [4.69, 9.17) is 11.6 Å². The molecule has 6 heteroatoms. The summed E-state index contributed by atoms with van der Waals surface area (Å²) >= 11 is 5.64. The number of hydrogen-bond donors (Lipinski definition) is 2. The average molecular weight is 255 g/mol. The maximum absolute atomic E-state index is 11.7. The van der Waals surface area contributed by atoms with Gasteiger partial charge in [0.15, 0.2) is 0 Å². The lowest BCUT2D eigenvalue weighted by atomic mass is 9.96. The molecular formula is C11H15ClN4O. The van der Waals surface area contributed by atoms with Crippen molar-refractivity contribution in [3.63, 3.8) is 0 Å². The molecule has 5 nitrogen and oxygen atoms in total. The van der Waals surface area contributed by atoms with Crippen LogP contribution in [0.2, 0.25) is 5.28 Å². The number of piperidine rings is 1. The van der Waals surface area contributed by atoms with E-state index in [1.165, 1.54) is 6.20 Å². The van der Waals surface area contributed by atoms with Gasteiger partial charge in [-0.1, -0.05) is 0 Å². The first-order valence-corrected chi connectivity index (χ1v) is 6.11. The molecule has 0 spiro atoms. The Morgan fingerprint density at radius 2 is 2.53 bits per heavy atom. The molecule has 0 aliphatic carbocycles. The molecule has 92 valence electrons. The summed E-state index contributed by atoms with van der Waals surface area (Å²) in [7, 11) is 0. The van der Waals surface area contributed by atoms with Crippen LogP contribution in [0.1, 0.15) is 19.3 Å². The van der Waals surface area contributed by atoms with Crippen molar-refractivity contribution in [3.8, 4) is 0 Å². The van der Waals surface area contributed by atoms with E-state index in [-0.39, 0.29) is 11.2 Å². The van der Waals surface area contributed by atoms with Crippen LogP contribution in [0.4, 0.5) is 5.82 Å². The number of halogens is 1. The largest absolute Gasteiger partial charge is 0.316 e. The van der Waals surface area contributed by atoms with E-state index in [0.29, 0.717) is 18.2 Å². The number of rotatable bonds is 3. The number of aromatic nitrogens is 2. The fourth-order valence-corrected chi connectivity index (χ4v) is 2.11. The summed E-state index contributed by atoms with van der Waals surface area (Å²) in [5.74, 6) is 0.855. The molecule has 0 bridgehead atoms. The number of amides is 1. The molecule has 1 fully saturated rings. The summed E-state index contributed by atoms with van der Waals surface area (Å²) in [6.45, 7) is 1.97. The van der Waals surface area contributed by atoms with Crippen LogP contribution in [0.15, 0.2) is 12.3 Å². The van der Waals surface area contributed by atoms with Crippen LogP contribution in [0.3, 0.4) is 0 Å². The Bertz CT molecular complexity index is 393. The van der Waals surface area contributed by atoms with Gasteiger partial charge in [-0.05, 0) is 49.5 Å². The standard InChI is InChI=1S/C11H15ClN4O/c12-11-14-5-3-9(16-11)15-10(17)6-8-2-1-4-13-7-8/h3,5,8,13H,1-2,4,6-7H2,(H,14,15,16,17). The monoisotopic (exact) mass is 254 g/mol. The Labute approximate surface area is 105 Å². The average Bonchev–Trinajstić information content (AvgIpc) is 2.30. The molecule has 2 N–H and O–H groups in total. The lowest BCUT2D eigenvalue weighted by Gasteiger charge is -2.21. The van der Waals surface area contributed by atoms with Crippen molar-refractivity contribution < 1.29 is 4.79 Å². The normalized spacial score (nSPS) is 19.9. The van der Waals surface area contributed by atoms with Crippen molar-refractivity contribution in [1.82, 2.24) is 15.3 Å². The zero-order valence-electron chi connectivity index (χ0n) is 9.45. The second-order valence-corrected chi connectivity index (χ2v) is 4.51. The van der Waals surface area contributed by atoms with Gasteiger partial charge in [0.25, 0.3) is 0 Å². The minimum Gasteiger partial charge on any atom is -0.316 e. The number of nitrogens with one attached hydrogen (secondary N) is 2. The molecule has 1 saturated heterocycles. The van der Waals surface area contributed by atoms with Crippen molar-refractivity contribution in [3.05, 3.63) is 17.5 Å². The fourth-order valence-electron chi connectivity index (χ4n) is 1.96. The molecule has 2 rings (SSSR count). The Hall–Kier alpha value is -1.20. The summed E-state index contributed by atoms with van der Waals surface area (Å²) in [6, 6.07) is 1.63. The number of nitrogens with zero attached hydrogens (tertiary/aromatic N) is 2. The van der Waals surface area contributed by atoms with Crippen LogP contribution < -0.4 is 10.6 Å². The van der Waals surface area contributed by atoms with Gasteiger partial charge < -0.3 is 10.6 Å². The predicted octanol–water partition coefficient (Wildman–Crippen LogP) is 1.46. The lowest BCUT2D eigenvalue weighted by Crippen LogP contribution is -2.32. The maximum atomic E-state index is 11.7. The summed E-state index contributed by atoms with van der Waals surface area (Å²) in [5.41, 5.74) is 0. The van der Waals surface area contributed by atoms with Gasteiger partial charge in [-0.25, -0.2) is 9.97 Å². The summed E-state index contributed by atoms with van der Waals surface area (Å²) < 4.78 is 0. The second-order valence-electron chi connectivity index (χ2n) is 4.18. The van der Waals surface area contributed by atoms with E-state index in [1.807, 2.05) is 0 Å². The Kier molecular flexibility index (Phi) is 4.28. The molecule has 0 saturated carbocycles. The van der Waals surface area contributed by atoms with Crippen LogP contribution in [-0.2, 0) is 4.79 Å². The van der Waals surface area contributed by atoms with Gasteiger partial charge in [0.2, 0.25) is 11.2 Å². The first-order valence-electron chi connectivity index (χ1n) is 5.73. The summed E-state index contributed by atoms with van der Waals surface area (Å²) in [6.07, 6.45) is 4.28. The highest BCUT2D eigenvalue weighted by Crippen LogP contribution is 2.15. The first-order chi connectivity index (χ1) is 8.24. The van der Waals surface area contributed by atoms with Crippen molar-refractivity contribution >= 4 is 23.3 Å². The number of carbonyl (C=O) groups excluding carboxylic acids is 1. The molecule has 0 radical (unpaired) electrons. The first kappa shape index (κ1) is 12.3. The van der Waals surface area contributed by atoms with Crippen molar-refractivity contribution in [2.24, 2.45) is 5.92 Å². The highest BCUT2D eigenvalue weighted by molar-refractivity contribution is 6.28. The van der Waals surface area contributed by atoms with Gasteiger partial charge in [-0.2, -0.15) is 0 Å². The van der Waals surface area contributed by atoms with E-state index in [0.717, 1.165) is 25.9 Å². The molecule has 1 aromatic rings. The van der Waals surface area contributed by atoms with E-state index in [9.17, 15) is 4.79 Å². The van der Waals surface area contributed by atoms with Crippen LogP contribution in [0, 0.1) is 5.92 Å². The number of carbonyl (C=O) groups is 1. The third-order valence-electron chi connectivity index (χ3n) is 2.77. The zero-order valence-corrected chi connectivity index (χ0v) is 10.2. The SMILES string of the molecule is O=C(CC1CCCNC1)Nc1ccnc(Cl)n1. The quantitative estimate of drug-likeness (QED) is 0.802. The molecule has 0 aromatic carbocycles. The fraction of sp³-hybridized carbons (Fsp3) is 0.545. The third-order valence-corrected chi connectivity index (χ3v) is 2.95. The smallest absolute Gasteiger partial charge is 0.225 e. The summed E-state index contributed by atoms with van der Waals surface area (Å²) in [4.78, 5) is 19.4. The van der Waals surface area contributed by atoms with Crippen molar-refractivity contribution in [2.45, 2.75) is 19.3 Å². The molecule has 1 aliphatic heterocycles. The van der Waals surface area contributed by atoms with Gasteiger partial charge >= 0.3 is 0 Å². The Morgan fingerprint density at radius 3 is 3.24 bits per heavy atom. The Balaban J connectivity index is 1.84. The molecule has 1 aliphatic rings. The van der Waals surface area contributed by atoms with Gasteiger partial charge in [0, 0.05) is 12.6 Å². The Morgan fingerprint density at radius 1 is 1.65 bits per heavy atom. The van der Waals surface area contributed by atoms with Gasteiger partial charge in [0.05, 0.1) is 0 Å². The van der Waals surface area contributed by atoms with Crippen LogP contribution in [0.25, 0.3) is 0 Å². The van der Waals surface area contributed by atoms with Crippen LogP contribution in [0.5, 0.6) is 0 Å². The van der Waals surface area contributed by atoms with E-state index < -0.39 is 0 Å². The second kappa shape index (κ2) is 5.93. The minimum atomic E-state index is -0.0199. The maximum Gasteiger partial charge on any atom is 0.225 e. The molecule has 1 amide bonds. The third kappa shape index (κ3) is 3.94. The summed E-state index contributed by atoms with van der Waals surface area (Å²) in [5, 5.41) is 6.16. The topological polar surface area (TPSA) is 66.9 Å². The van der Waals surface area contributed by atoms with Crippen molar-refractivity contribution in [2.75, 3.05) is 18.4 Å². The highest BCUT2D eigenvalue weighted by atomic mass is 35.5. The predicted molar refractivity (Wildman–Crippen MR) is 65.9 cm³/mol. The van der Waals surface area contributed by atoms with E-state index in [1.54, 1.807) is 6.07 Å². The van der Waals surface area contributed by atoms with Gasteiger partial charge in [-0.15, -0.1) is 0 Å². The van der Waals surface area contributed by atoms with Crippen LogP contribution >= 0.6 is 11.6 Å². The highest BCUT2D eigenvalue weighted by Gasteiger charge is 2.16. The van der Waals surface area contributed by atoms with Crippen LogP contribution in [-0.4, -0.2) is 29.0 Å². The molecular weight excluding hydrogens is 240 g/mol. The van der Waals surface area contributed by atoms with E-state index in [2.05, 4.69) is 20.6 Å². The lowest BCUT2D eigenvalue weighted by molar-refractivity contribution is -0.117.